The number of amides is 3. The molecule has 1 atom stereocenters. The molecular formula is C19H27N3O5. The molecule has 2 aliphatic rings. The van der Waals surface area contributed by atoms with Crippen LogP contribution in [0.2, 0.25) is 0 Å². The first-order chi connectivity index (χ1) is 12.9. The molecule has 1 aromatic heterocycles. The zero-order valence-corrected chi connectivity index (χ0v) is 15.9. The predicted molar refractivity (Wildman–Crippen MR) is 97.4 cm³/mol. The molecule has 2 aliphatic heterocycles. The summed E-state index contributed by atoms with van der Waals surface area (Å²) in [7, 11) is 1.68. The van der Waals surface area contributed by atoms with E-state index in [1.165, 1.54) is 6.07 Å². The van der Waals surface area contributed by atoms with Crippen LogP contribution in [0.25, 0.3) is 0 Å². The van der Waals surface area contributed by atoms with Gasteiger partial charge in [-0.05, 0) is 38.7 Å². The third kappa shape index (κ3) is 4.26. The van der Waals surface area contributed by atoms with E-state index in [0.717, 1.165) is 38.8 Å². The number of aromatic carboxylic acids is 1. The van der Waals surface area contributed by atoms with Crippen LogP contribution in [0.15, 0.2) is 10.5 Å². The van der Waals surface area contributed by atoms with Crippen molar-refractivity contribution >= 4 is 17.9 Å². The molecule has 2 saturated heterocycles. The lowest BCUT2D eigenvalue weighted by Crippen LogP contribution is -2.49. The summed E-state index contributed by atoms with van der Waals surface area (Å²) in [6, 6.07) is 1.51. The van der Waals surface area contributed by atoms with Crippen molar-refractivity contribution in [3.63, 3.8) is 0 Å². The molecule has 0 aliphatic carbocycles. The van der Waals surface area contributed by atoms with Crippen molar-refractivity contribution in [2.45, 2.75) is 39.2 Å². The zero-order chi connectivity index (χ0) is 19.6. The molecule has 0 aromatic carbocycles. The van der Waals surface area contributed by atoms with Gasteiger partial charge in [0.1, 0.15) is 17.1 Å². The Hall–Kier alpha value is -2.51. The number of carbonyl (C=O) groups is 3. The van der Waals surface area contributed by atoms with Crippen LogP contribution in [0.4, 0.5) is 4.79 Å². The van der Waals surface area contributed by atoms with Crippen LogP contribution >= 0.6 is 0 Å². The second-order valence-electron chi connectivity index (χ2n) is 7.44. The number of carboxylic acid groups (broad SMARTS) is 1. The fraction of sp³-hybridized carbons (Fsp3) is 0.632. The van der Waals surface area contributed by atoms with Gasteiger partial charge in [0.25, 0.3) is 0 Å². The lowest BCUT2D eigenvalue weighted by Gasteiger charge is -2.35. The summed E-state index contributed by atoms with van der Waals surface area (Å²) in [5.41, 5.74) is 0.117. The maximum Gasteiger partial charge on any atom is 0.339 e. The molecule has 148 valence electrons. The Morgan fingerprint density at radius 2 is 1.85 bits per heavy atom. The number of carbonyl (C=O) groups excluding carboxylic acids is 2. The molecule has 3 rings (SSSR count). The number of aryl methyl sites for hydroxylation is 1. The summed E-state index contributed by atoms with van der Waals surface area (Å²) >= 11 is 0. The van der Waals surface area contributed by atoms with Crippen LogP contribution in [-0.2, 0) is 11.3 Å². The van der Waals surface area contributed by atoms with E-state index >= 15 is 0 Å². The molecule has 0 bridgehead atoms. The van der Waals surface area contributed by atoms with Gasteiger partial charge in [-0.1, -0.05) is 0 Å². The molecule has 8 heteroatoms. The van der Waals surface area contributed by atoms with Crippen molar-refractivity contribution in [2.75, 3.05) is 33.2 Å². The molecule has 3 heterocycles. The van der Waals surface area contributed by atoms with Crippen LogP contribution in [0.5, 0.6) is 0 Å². The van der Waals surface area contributed by atoms with E-state index in [-0.39, 0.29) is 30.0 Å². The summed E-state index contributed by atoms with van der Waals surface area (Å²) < 4.78 is 5.47. The quantitative estimate of drug-likeness (QED) is 0.868. The highest BCUT2D eigenvalue weighted by Crippen LogP contribution is 2.23. The second-order valence-corrected chi connectivity index (χ2v) is 7.44. The van der Waals surface area contributed by atoms with E-state index in [2.05, 4.69) is 0 Å². The minimum Gasteiger partial charge on any atom is -0.478 e. The lowest BCUT2D eigenvalue weighted by molar-refractivity contribution is -0.136. The van der Waals surface area contributed by atoms with Crippen molar-refractivity contribution < 1.29 is 23.9 Å². The van der Waals surface area contributed by atoms with Gasteiger partial charge in [0.15, 0.2) is 0 Å². The van der Waals surface area contributed by atoms with Crippen LogP contribution in [0.3, 0.4) is 0 Å². The number of furan rings is 1. The number of hydrogen-bond acceptors (Lipinski definition) is 4. The van der Waals surface area contributed by atoms with E-state index in [1.807, 2.05) is 4.90 Å². The fourth-order valence-electron chi connectivity index (χ4n) is 3.92. The third-order valence-corrected chi connectivity index (χ3v) is 5.39. The van der Waals surface area contributed by atoms with Crippen LogP contribution in [0, 0.1) is 12.8 Å². The predicted octanol–water partition coefficient (Wildman–Crippen LogP) is 2.17. The maximum atomic E-state index is 12.8. The average molecular weight is 377 g/mol. The Bertz CT molecular complexity index is 723. The molecule has 27 heavy (non-hydrogen) atoms. The Morgan fingerprint density at radius 3 is 2.48 bits per heavy atom. The number of hydrogen-bond donors (Lipinski definition) is 1. The lowest BCUT2D eigenvalue weighted by atomic mass is 9.96. The molecule has 8 nitrogen and oxygen atoms in total. The number of rotatable bonds is 4. The molecule has 1 unspecified atom stereocenters. The van der Waals surface area contributed by atoms with Crippen molar-refractivity contribution in [3.05, 3.63) is 23.2 Å². The van der Waals surface area contributed by atoms with Gasteiger partial charge in [0.05, 0.1) is 12.5 Å². The maximum absolute atomic E-state index is 12.8. The fourth-order valence-corrected chi connectivity index (χ4v) is 3.92. The molecule has 0 radical (unpaired) electrons. The molecule has 2 fully saturated rings. The number of nitrogens with zero attached hydrogens (tertiary/aromatic N) is 3. The normalized spacial score (nSPS) is 20.0. The molecule has 3 amide bonds. The number of urea groups is 1. The Kier molecular flexibility index (Phi) is 5.72. The number of piperidine rings is 1. The largest absolute Gasteiger partial charge is 0.478 e. The van der Waals surface area contributed by atoms with Crippen molar-refractivity contribution in [3.8, 4) is 0 Å². The van der Waals surface area contributed by atoms with Crippen LogP contribution < -0.4 is 0 Å². The topological polar surface area (TPSA) is 94.3 Å². The zero-order valence-electron chi connectivity index (χ0n) is 15.9. The van der Waals surface area contributed by atoms with Crippen LogP contribution in [0.1, 0.15) is 47.6 Å². The van der Waals surface area contributed by atoms with E-state index < -0.39 is 5.97 Å². The van der Waals surface area contributed by atoms with Gasteiger partial charge in [0, 0.05) is 33.2 Å². The van der Waals surface area contributed by atoms with Gasteiger partial charge < -0.3 is 24.2 Å². The summed E-state index contributed by atoms with van der Waals surface area (Å²) in [6.07, 6.45) is 3.66. The van der Waals surface area contributed by atoms with Gasteiger partial charge >= 0.3 is 12.0 Å². The Morgan fingerprint density at radius 1 is 1.19 bits per heavy atom. The molecule has 0 spiro atoms. The molecule has 0 saturated carbocycles. The minimum absolute atomic E-state index is 0.0418. The van der Waals surface area contributed by atoms with Crippen molar-refractivity contribution in [2.24, 2.45) is 5.92 Å². The van der Waals surface area contributed by atoms with Crippen molar-refractivity contribution in [1.82, 2.24) is 14.7 Å². The summed E-state index contributed by atoms with van der Waals surface area (Å²) in [6.45, 7) is 4.55. The smallest absolute Gasteiger partial charge is 0.339 e. The summed E-state index contributed by atoms with van der Waals surface area (Å²) in [5.74, 6) is -0.537. The van der Waals surface area contributed by atoms with E-state index in [9.17, 15) is 14.4 Å². The molecule has 1 aromatic rings. The van der Waals surface area contributed by atoms with Gasteiger partial charge in [-0.2, -0.15) is 0 Å². The highest BCUT2D eigenvalue weighted by Gasteiger charge is 2.33. The Balaban J connectivity index is 1.59. The van der Waals surface area contributed by atoms with E-state index in [1.54, 1.807) is 23.8 Å². The Labute approximate surface area is 158 Å². The van der Waals surface area contributed by atoms with Gasteiger partial charge in [-0.15, -0.1) is 0 Å². The first kappa shape index (κ1) is 19.3. The number of carboxylic acids is 1. The molecular weight excluding hydrogens is 350 g/mol. The average Bonchev–Trinajstić information content (AvgIpc) is 3.30. The first-order valence-electron chi connectivity index (χ1n) is 9.48. The number of likely N-dealkylation sites (tertiary alicyclic amines) is 2. The van der Waals surface area contributed by atoms with Gasteiger partial charge in [-0.3, -0.25) is 4.79 Å². The van der Waals surface area contributed by atoms with E-state index in [4.69, 9.17) is 9.52 Å². The second kappa shape index (κ2) is 8.02. The standard InChI is InChI=1S/C19H27N3O5/c1-13-16(18(24)25)10-15(27-13)12-20(2)17(23)14-6-5-9-22(11-14)19(26)21-7-3-4-8-21/h10,14H,3-9,11-12H2,1-2H3,(H,24,25). The van der Waals surface area contributed by atoms with Crippen molar-refractivity contribution in [1.29, 1.82) is 0 Å². The highest BCUT2D eigenvalue weighted by molar-refractivity contribution is 5.88. The van der Waals surface area contributed by atoms with Crippen LogP contribution in [-0.4, -0.2) is 70.9 Å². The minimum atomic E-state index is -1.04. The first-order valence-corrected chi connectivity index (χ1v) is 9.48. The summed E-state index contributed by atoms with van der Waals surface area (Å²) in [5, 5.41) is 9.12. The SMILES string of the molecule is Cc1oc(CN(C)C(=O)C2CCCN(C(=O)N3CCCC3)C2)cc1C(=O)O. The highest BCUT2D eigenvalue weighted by atomic mass is 16.4. The van der Waals surface area contributed by atoms with E-state index in [0.29, 0.717) is 24.6 Å². The van der Waals surface area contributed by atoms with Gasteiger partial charge in [-0.25, -0.2) is 9.59 Å². The monoisotopic (exact) mass is 377 g/mol. The molecule has 1 N–H and O–H groups in total. The third-order valence-electron chi connectivity index (χ3n) is 5.39. The van der Waals surface area contributed by atoms with Gasteiger partial charge in [0.2, 0.25) is 5.91 Å². The summed E-state index contributed by atoms with van der Waals surface area (Å²) in [4.78, 5) is 41.8.